The van der Waals surface area contributed by atoms with E-state index in [1.165, 1.54) is 18.4 Å². The van der Waals surface area contributed by atoms with Crippen molar-refractivity contribution in [2.75, 3.05) is 39.8 Å². The first-order valence-electron chi connectivity index (χ1n) is 11.9. The number of rotatable bonds is 3. The second kappa shape index (κ2) is 8.08. The van der Waals surface area contributed by atoms with Gasteiger partial charge in [0.2, 0.25) is 5.91 Å². The van der Waals surface area contributed by atoms with Crippen LogP contribution in [-0.2, 0) is 11.3 Å². The summed E-state index contributed by atoms with van der Waals surface area (Å²) in [5.41, 5.74) is 0.848. The van der Waals surface area contributed by atoms with Crippen molar-refractivity contribution >= 4 is 11.9 Å². The highest BCUT2D eigenvalue weighted by molar-refractivity contribution is 5.86. The van der Waals surface area contributed by atoms with Crippen LogP contribution in [0.4, 0.5) is 4.79 Å². The lowest BCUT2D eigenvalue weighted by Crippen LogP contribution is -2.55. The number of hydrogen-bond acceptors (Lipinski definition) is 4. The molecule has 3 aliphatic heterocycles. The predicted molar refractivity (Wildman–Crippen MR) is 118 cm³/mol. The Morgan fingerprint density at radius 2 is 1.94 bits per heavy atom. The van der Waals surface area contributed by atoms with Crippen LogP contribution < -0.4 is 5.32 Å². The summed E-state index contributed by atoms with van der Waals surface area (Å²) in [6.45, 7) is 4.92. The molecule has 1 saturated carbocycles. The van der Waals surface area contributed by atoms with Gasteiger partial charge in [0, 0.05) is 70.2 Å². The van der Waals surface area contributed by atoms with Gasteiger partial charge in [-0.15, -0.1) is 0 Å². The molecule has 2 spiro atoms. The number of nitrogens with one attached hydrogen (secondary N) is 1. The topological polar surface area (TPSA) is 68.8 Å². The Hall–Kier alpha value is -2.15. The highest BCUT2D eigenvalue weighted by Crippen LogP contribution is 2.57. The number of piperidine rings is 1. The fourth-order valence-corrected chi connectivity index (χ4v) is 6.73. The van der Waals surface area contributed by atoms with Crippen LogP contribution in [0.3, 0.4) is 0 Å². The number of carbonyl (C=O) groups excluding carboxylic acids is 2. The zero-order valence-electron chi connectivity index (χ0n) is 18.7. The summed E-state index contributed by atoms with van der Waals surface area (Å²) in [6.07, 6.45) is 11.1. The number of hydrogen-bond donors (Lipinski definition) is 1. The Balaban J connectivity index is 1.31. The Labute approximate surface area is 185 Å². The molecular weight excluding hydrogens is 390 g/mol. The van der Waals surface area contributed by atoms with E-state index < -0.39 is 0 Å². The van der Waals surface area contributed by atoms with Gasteiger partial charge in [0.1, 0.15) is 0 Å². The smallest absolute Gasteiger partial charge is 0.317 e. The number of carbonyl (C=O) groups is 2. The lowest BCUT2D eigenvalue weighted by atomic mass is 9.60. The van der Waals surface area contributed by atoms with Crippen LogP contribution in [0.1, 0.15) is 50.5 Å². The zero-order chi connectivity index (χ0) is 21.5. The predicted octanol–water partition coefficient (Wildman–Crippen LogP) is 2.48. The number of likely N-dealkylation sites (tertiary alicyclic amines) is 3. The Kier molecular flexibility index (Phi) is 5.40. The maximum absolute atomic E-state index is 13.4. The van der Waals surface area contributed by atoms with Gasteiger partial charge in [0.05, 0.1) is 5.41 Å². The van der Waals surface area contributed by atoms with Gasteiger partial charge in [-0.1, -0.05) is 18.9 Å². The molecule has 4 aliphatic rings. The van der Waals surface area contributed by atoms with Gasteiger partial charge in [0.15, 0.2) is 0 Å². The molecule has 7 nitrogen and oxygen atoms in total. The van der Waals surface area contributed by atoms with E-state index in [0.717, 1.165) is 71.4 Å². The van der Waals surface area contributed by atoms with Crippen molar-refractivity contribution in [3.05, 3.63) is 30.1 Å². The van der Waals surface area contributed by atoms with Gasteiger partial charge >= 0.3 is 6.03 Å². The molecule has 5 rings (SSSR count). The van der Waals surface area contributed by atoms with Gasteiger partial charge in [-0.05, 0) is 43.7 Å². The number of urea groups is 1. The third kappa shape index (κ3) is 3.60. The molecule has 7 heteroatoms. The molecule has 0 unspecified atom stereocenters. The first-order chi connectivity index (χ1) is 15.0. The van der Waals surface area contributed by atoms with Crippen molar-refractivity contribution in [2.24, 2.45) is 10.8 Å². The quantitative estimate of drug-likeness (QED) is 0.808. The second-order valence-electron chi connectivity index (χ2n) is 10.3. The van der Waals surface area contributed by atoms with Crippen LogP contribution in [0, 0.1) is 10.8 Å². The van der Waals surface area contributed by atoms with Crippen LogP contribution >= 0.6 is 0 Å². The average molecular weight is 426 g/mol. The fourth-order valence-electron chi connectivity index (χ4n) is 6.73. The van der Waals surface area contributed by atoms with E-state index in [-0.39, 0.29) is 16.9 Å². The van der Waals surface area contributed by atoms with Crippen LogP contribution in [0.25, 0.3) is 0 Å². The first kappa shape index (κ1) is 20.7. The van der Waals surface area contributed by atoms with Crippen molar-refractivity contribution in [2.45, 2.75) is 57.5 Å². The third-order valence-electron chi connectivity index (χ3n) is 8.48. The largest absolute Gasteiger partial charge is 0.345 e. The minimum absolute atomic E-state index is 0.0405. The van der Waals surface area contributed by atoms with Crippen molar-refractivity contribution in [3.63, 3.8) is 0 Å². The summed E-state index contributed by atoms with van der Waals surface area (Å²) in [5.74, 6) is 0.310. The molecule has 1 atom stereocenters. The average Bonchev–Trinajstić information content (AvgIpc) is 3.46. The molecule has 1 aromatic rings. The molecular formula is C24H35N5O2. The number of amides is 3. The molecule has 3 amide bonds. The zero-order valence-corrected chi connectivity index (χ0v) is 18.7. The summed E-state index contributed by atoms with van der Waals surface area (Å²) in [6, 6.07) is 4.54. The van der Waals surface area contributed by atoms with Crippen LogP contribution in [0.5, 0.6) is 0 Å². The summed E-state index contributed by atoms with van der Waals surface area (Å²) in [4.78, 5) is 36.9. The molecule has 31 heavy (non-hydrogen) atoms. The first-order valence-corrected chi connectivity index (χ1v) is 11.9. The van der Waals surface area contributed by atoms with Crippen LogP contribution in [0.2, 0.25) is 0 Å². The lowest BCUT2D eigenvalue weighted by Gasteiger charge is -2.47. The monoisotopic (exact) mass is 425 g/mol. The number of nitrogens with zero attached hydrogens (tertiary/aromatic N) is 4. The minimum Gasteiger partial charge on any atom is -0.345 e. The fraction of sp³-hybridized carbons (Fsp3) is 0.708. The van der Waals surface area contributed by atoms with Gasteiger partial charge in [0.25, 0.3) is 0 Å². The maximum atomic E-state index is 13.4. The molecule has 4 fully saturated rings. The molecule has 1 aromatic heterocycles. The van der Waals surface area contributed by atoms with E-state index in [4.69, 9.17) is 0 Å². The second-order valence-corrected chi connectivity index (χ2v) is 10.3. The molecule has 3 saturated heterocycles. The molecule has 4 heterocycles. The van der Waals surface area contributed by atoms with E-state index in [1.807, 2.05) is 29.1 Å². The number of fused-ring (bicyclic) bond motifs is 1. The van der Waals surface area contributed by atoms with Gasteiger partial charge in [-0.25, -0.2) is 4.79 Å². The molecule has 168 valence electrons. The van der Waals surface area contributed by atoms with E-state index in [0.29, 0.717) is 11.9 Å². The van der Waals surface area contributed by atoms with Crippen LogP contribution in [0.15, 0.2) is 24.5 Å². The number of pyridine rings is 1. The molecule has 0 aromatic carbocycles. The summed E-state index contributed by atoms with van der Waals surface area (Å²) in [7, 11) is 1.94. The normalized spacial score (nSPS) is 28.9. The molecule has 1 aliphatic carbocycles. The number of aromatic nitrogens is 1. The molecule has 0 bridgehead atoms. The summed E-state index contributed by atoms with van der Waals surface area (Å²) in [5, 5.41) is 3.24. The lowest BCUT2D eigenvalue weighted by molar-refractivity contribution is -0.141. The third-order valence-corrected chi connectivity index (χ3v) is 8.48. The van der Waals surface area contributed by atoms with Gasteiger partial charge in [-0.3, -0.25) is 14.7 Å². The van der Waals surface area contributed by atoms with Crippen molar-refractivity contribution in [1.29, 1.82) is 0 Å². The molecule has 1 N–H and O–H groups in total. The van der Waals surface area contributed by atoms with Crippen molar-refractivity contribution < 1.29 is 9.59 Å². The van der Waals surface area contributed by atoms with E-state index >= 15 is 0 Å². The van der Waals surface area contributed by atoms with E-state index in [2.05, 4.69) is 21.3 Å². The van der Waals surface area contributed by atoms with E-state index in [1.54, 1.807) is 6.20 Å². The summed E-state index contributed by atoms with van der Waals surface area (Å²) < 4.78 is 0. The highest BCUT2D eigenvalue weighted by atomic mass is 16.2. The van der Waals surface area contributed by atoms with Gasteiger partial charge < -0.3 is 15.1 Å². The Morgan fingerprint density at radius 1 is 1.16 bits per heavy atom. The maximum Gasteiger partial charge on any atom is 0.317 e. The van der Waals surface area contributed by atoms with Gasteiger partial charge in [-0.2, -0.15) is 0 Å². The summed E-state index contributed by atoms with van der Waals surface area (Å²) >= 11 is 0. The van der Waals surface area contributed by atoms with Crippen molar-refractivity contribution in [3.8, 4) is 0 Å². The highest BCUT2D eigenvalue weighted by Gasteiger charge is 2.64. The minimum atomic E-state index is -0.308. The molecule has 0 radical (unpaired) electrons. The Morgan fingerprint density at radius 3 is 2.58 bits per heavy atom. The standard InChI is InChI=1S/C24H35N5O2/c1-27-12-10-24(21(27)30)18-28(16-19-5-4-11-25-15-19)17-23(24)8-13-29(14-9-23)22(31)26-20-6-2-3-7-20/h4-5,11,15,20H,2-3,6-10,12-14,16-18H2,1H3,(H,26,31)/t24-/m0/s1. The van der Waals surface area contributed by atoms with E-state index in [9.17, 15) is 9.59 Å². The van der Waals surface area contributed by atoms with Crippen LogP contribution in [-0.4, -0.2) is 77.4 Å². The Bertz CT molecular complexity index is 817. The van der Waals surface area contributed by atoms with Crippen molar-refractivity contribution in [1.82, 2.24) is 25.0 Å². The SMILES string of the molecule is CN1CC[C@]2(CN(Cc3cccnc3)CC23CCN(C(=O)NC2CCCC2)CC3)C1=O.